The fraction of sp³-hybridized carbons (Fsp3) is 0.316. The van der Waals surface area contributed by atoms with Gasteiger partial charge in [0.1, 0.15) is 0 Å². The van der Waals surface area contributed by atoms with Crippen LogP contribution in [0.4, 0.5) is 4.39 Å². The van der Waals surface area contributed by atoms with E-state index in [9.17, 15) is 18.8 Å². The molecule has 0 saturated carbocycles. The predicted molar refractivity (Wildman–Crippen MR) is 99.7 cm³/mol. The van der Waals surface area contributed by atoms with Crippen LogP contribution in [0.1, 0.15) is 9.67 Å². The maximum absolute atomic E-state index is 13.4. The van der Waals surface area contributed by atoms with Crippen molar-refractivity contribution in [2.45, 2.75) is 0 Å². The number of para-hydroxylation sites is 1. The Morgan fingerprint density at radius 3 is 2.36 bits per heavy atom. The van der Waals surface area contributed by atoms with E-state index in [-0.39, 0.29) is 17.6 Å². The third kappa shape index (κ3) is 5.07. The fourth-order valence-electron chi connectivity index (χ4n) is 2.69. The second-order valence-electron chi connectivity index (χ2n) is 6.03. The van der Waals surface area contributed by atoms with Crippen LogP contribution in [0.5, 0.6) is 5.75 Å². The SMILES string of the molecule is O=C(COc1ccccc1F)OCC(=O)N1CCN(C(=O)c2cccs2)CC1. The Hall–Kier alpha value is -2.94. The van der Waals surface area contributed by atoms with Crippen molar-refractivity contribution in [3.63, 3.8) is 0 Å². The number of ether oxygens (including phenoxy) is 2. The van der Waals surface area contributed by atoms with Gasteiger partial charge in [-0.2, -0.15) is 0 Å². The number of hydrogen-bond acceptors (Lipinski definition) is 6. The minimum Gasteiger partial charge on any atom is -0.479 e. The summed E-state index contributed by atoms with van der Waals surface area (Å²) in [5.41, 5.74) is 0. The molecule has 1 aromatic heterocycles. The van der Waals surface area contributed by atoms with Gasteiger partial charge in [0.15, 0.2) is 24.8 Å². The van der Waals surface area contributed by atoms with Crippen molar-refractivity contribution < 1.29 is 28.2 Å². The Labute approximate surface area is 165 Å². The van der Waals surface area contributed by atoms with Crippen molar-refractivity contribution in [3.05, 3.63) is 52.5 Å². The van der Waals surface area contributed by atoms with E-state index >= 15 is 0 Å². The van der Waals surface area contributed by atoms with E-state index in [0.29, 0.717) is 31.1 Å². The summed E-state index contributed by atoms with van der Waals surface area (Å²) in [5.74, 6) is -1.79. The smallest absolute Gasteiger partial charge is 0.344 e. The number of halogens is 1. The Balaban J connectivity index is 1.38. The van der Waals surface area contributed by atoms with E-state index in [0.717, 1.165) is 0 Å². The summed E-state index contributed by atoms with van der Waals surface area (Å²) < 4.78 is 23.3. The van der Waals surface area contributed by atoms with Crippen LogP contribution in [0.3, 0.4) is 0 Å². The van der Waals surface area contributed by atoms with Gasteiger partial charge in [-0.25, -0.2) is 9.18 Å². The average molecular weight is 406 g/mol. The molecule has 7 nitrogen and oxygen atoms in total. The van der Waals surface area contributed by atoms with Gasteiger partial charge in [-0.1, -0.05) is 18.2 Å². The Morgan fingerprint density at radius 1 is 0.964 bits per heavy atom. The Morgan fingerprint density at radius 2 is 1.68 bits per heavy atom. The van der Waals surface area contributed by atoms with Gasteiger partial charge in [-0.15, -0.1) is 11.3 Å². The third-order valence-electron chi connectivity index (χ3n) is 4.19. The number of rotatable bonds is 6. The molecule has 1 aliphatic heterocycles. The lowest BCUT2D eigenvalue weighted by atomic mass is 10.3. The predicted octanol–water partition coefficient (Wildman–Crippen LogP) is 1.79. The second kappa shape index (κ2) is 9.32. The largest absolute Gasteiger partial charge is 0.479 e. The first-order valence-electron chi connectivity index (χ1n) is 8.68. The quantitative estimate of drug-likeness (QED) is 0.684. The molecule has 1 fully saturated rings. The zero-order valence-electron chi connectivity index (χ0n) is 15.0. The van der Waals surface area contributed by atoms with Crippen molar-refractivity contribution in [2.75, 3.05) is 39.4 Å². The number of piperazine rings is 1. The van der Waals surface area contributed by atoms with E-state index in [1.807, 2.05) is 11.4 Å². The molecule has 1 saturated heterocycles. The number of hydrogen-bond donors (Lipinski definition) is 0. The number of carbonyl (C=O) groups excluding carboxylic acids is 3. The molecule has 1 aliphatic rings. The number of benzene rings is 1. The lowest BCUT2D eigenvalue weighted by molar-refractivity contribution is -0.154. The lowest BCUT2D eigenvalue weighted by Gasteiger charge is -2.34. The fourth-order valence-corrected chi connectivity index (χ4v) is 3.38. The normalized spacial score (nSPS) is 13.9. The molecule has 9 heteroatoms. The minimum absolute atomic E-state index is 0.0428. The van der Waals surface area contributed by atoms with E-state index < -0.39 is 25.0 Å². The van der Waals surface area contributed by atoms with Crippen molar-refractivity contribution >= 4 is 29.1 Å². The zero-order valence-corrected chi connectivity index (χ0v) is 15.8. The second-order valence-corrected chi connectivity index (χ2v) is 6.98. The molecular formula is C19H19FN2O5S. The summed E-state index contributed by atoms with van der Waals surface area (Å²) in [5, 5.41) is 1.84. The molecule has 0 atom stereocenters. The molecule has 0 radical (unpaired) electrons. The molecular weight excluding hydrogens is 387 g/mol. The van der Waals surface area contributed by atoms with Crippen LogP contribution < -0.4 is 4.74 Å². The van der Waals surface area contributed by atoms with Crippen LogP contribution in [-0.4, -0.2) is 67.0 Å². The Kier molecular flexibility index (Phi) is 6.59. The highest BCUT2D eigenvalue weighted by Gasteiger charge is 2.25. The number of esters is 1. The summed E-state index contributed by atoms with van der Waals surface area (Å²) in [7, 11) is 0. The molecule has 2 heterocycles. The highest BCUT2D eigenvalue weighted by Crippen LogP contribution is 2.15. The van der Waals surface area contributed by atoms with Crippen LogP contribution in [0, 0.1) is 5.82 Å². The van der Waals surface area contributed by atoms with E-state index in [4.69, 9.17) is 9.47 Å². The van der Waals surface area contributed by atoms with Crippen molar-refractivity contribution in [1.82, 2.24) is 9.80 Å². The monoisotopic (exact) mass is 406 g/mol. The van der Waals surface area contributed by atoms with Crippen molar-refractivity contribution in [2.24, 2.45) is 0 Å². The van der Waals surface area contributed by atoms with Crippen LogP contribution in [0.15, 0.2) is 41.8 Å². The summed E-state index contributed by atoms with van der Waals surface area (Å²) in [4.78, 5) is 40.1. The van der Waals surface area contributed by atoms with Gasteiger partial charge in [0.2, 0.25) is 0 Å². The number of nitrogens with zero attached hydrogens (tertiary/aromatic N) is 2. The highest BCUT2D eigenvalue weighted by atomic mass is 32.1. The van der Waals surface area contributed by atoms with Gasteiger partial charge in [-0.3, -0.25) is 9.59 Å². The van der Waals surface area contributed by atoms with Crippen LogP contribution in [0.2, 0.25) is 0 Å². The van der Waals surface area contributed by atoms with Gasteiger partial charge in [0.05, 0.1) is 4.88 Å². The van der Waals surface area contributed by atoms with Gasteiger partial charge >= 0.3 is 5.97 Å². The van der Waals surface area contributed by atoms with Gasteiger partial charge < -0.3 is 19.3 Å². The Bertz CT molecular complexity index is 835. The maximum atomic E-state index is 13.4. The van der Waals surface area contributed by atoms with Crippen molar-refractivity contribution in [3.8, 4) is 5.75 Å². The van der Waals surface area contributed by atoms with E-state index in [1.165, 1.54) is 29.5 Å². The zero-order chi connectivity index (χ0) is 19.9. The number of carbonyl (C=O) groups is 3. The molecule has 0 spiro atoms. The van der Waals surface area contributed by atoms with Crippen LogP contribution in [-0.2, 0) is 14.3 Å². The van der Waals surface area contributed by atoms with Crippen LogP contribution >= 0.6 is 11.3 Å². The molecule has 0 unspecified atom stereocenters. The molecule has 0 bridgehead atoms. The van der Waals surface area contributed by atoms with Crippen molar-refractivity contribution in [1.29, 1.82) is 0 Å². The molecule has 0 aliphatic carbocycles. The first kappa shape index (κ1) is 19.8. The molecule has 1 aromatic carbocycles. The van der Waals surface area contributed by atoms with Gasteiger partial charge in [-0.05, 0) is 23.6 Å². The van der Waals surface area contributed by atoms with Gasteiger partial charge in [0.25, 0.3) is 11.8 Å². The molecule has 148 valence electrons. The third-order valence-corrected chi connectivity index (χ3v) is 5.05. The first-order chi connectivity index (χ1) is 13.5. The maximum Gasteiger partial charge on any atom is 0.344 e. The topological polar surface area (TPSA) is 76.2 Å². The molecule has 2 amide bonds. The number of thiophene rings is 1. The highest BCUT2D eigenvalue weighted by molar-refractivity contribution is 7.12. The van der Waals surface area contributed by atoms with E-state index in [1.54, 1.807) is 21.9 Å². The standard InChI is InChI=1S/C19H19FN2O5S/c20-14-4-1-2-5-15(14)26-13-18(24)27-12-17(23)21-7-9-22(10-8-21)19(25)16-6-3-11-28-16/h1-6,11H,7-10,12-13H2. The summed E-state index contributed by atoms with van der Waals surface area (Å²) in [6, 6.07) is 9.29. The lowest BCUT2D eigenvalue weighted by Crippen LogP contribution is -2.51. The molecule has 28 heavy (non-hydrogen) atoms. The van der Waals surface area contributed by atoms with Gasteiger partial charge in [0, 0.05) is 26.2 Å². The molecule has 2 aromatic rings. The van der Waals surface area contributed by atoms with E-state index in [2.05, 4.69) is 0 Å². The summed E-state index contributed by atoms with van der Waals surface area (Å²) >= 11 is 1.38. The first-order valence-corrected chi connectivity index (χ1v) is 9.56. The molecule has 3 rings (SSSR count). The average Bonchev–Trinajstić information content (AvgIpc) is 3.26. The number of amides is 2. The molecule has 0 N–H and O–H groups in total. The summed E-state index contributed by atoms with van der Waals surface area (Å²) in [6.07, 6.45) is 0. The van der Waals surface area contributed by atoms with Crippen LogP contribution in [0.25, 0.3) is 0 Å². The minimum atomic E-state index is -0.761. The summed E-state index contributed by atoms with van der Waals surface area (Å²) in [6.45, 7) is 0.688.